The van der Waals surface area contributed by atoms with Crippen LogP contribution in [0.15, 0.2) is 53.5 Å². The fourth-order valence-corrected chi connectivity index (χ4v) is 3.03. The minimum Gasteiger partial charge on any atom is -0.489 e. The van der Waals surface area contributed by atoms with E-state index >= 15 is 0 Å². The molecule has 0 bridgehead atoms. The third-order valence-corrected chi connectivity index (χ3v) is 4.49. The molecule has 0 radical (unpaired) electrons. The molecule has 1 heterocycles. The minimum atomic E-state index is 0.0152. The second kappa shape index (κ2) is 9.26. The molecule has 1 unspecified atom stereocenters. The molecule has 0 saturated heterocycles. The van der Waals surface area contributed by atoms with Gasteiger partial charge in [0.25, 0.3) is 0 Å². The van der Waals surface area contributed by atoms with Crippen LogP contribution >= 0.6 is 0 Å². The number of guanidine groups is 1. The van der Waals surface area contributed by atoms with E-state index in [4.69, 9.17) is 4.74 Å². The highest BCUT2D eigenvalue weighted by Crippen LogP contribution is 2.15. The smallest absolute Gasteiger partial charge is 0.191 e. The van der Waals surface area contributed by atoms with Gasteiger partial charge in [-0.25, -0.2) is 9.98 Å². The van der Waals surface area contributed by atoms with Crippen LogP contribution in [0.3, 0.4) is 0 Å². The predicted octanol–water partition coefficient (Wildman–Crippen LogP) is 3.40. The van der Waals surface area contributed by atoms with E-state index in [2.05, 4.69) is 51.2 Å². The van der Waals surface area contributed by atoms with Gasteiger partial charge in [0.1, 0.15) is 24.2 Å². The average Bonchev–Trinajstić information content (AvgIpc) is 3.00. The van der Waals surface area contributed by atoms with E-state index in [1.165, 1.54) is 5.56 Å². The Bertz CT molecular complexity index is 947. The molecule has 0 fully saturated rings. The zero-order valence-corrected chi connectivity index (χ0v) is 17.1. The number of aromatic nitrogens is 2. The molecule has 6 nitrogen and oxygen atoms in total. The molecule has 0 saturated carbocycles. The first-order valence-corrected chi connectivity index (χ1v) is 9.72. The SMILES string of the molecule is CCNC(=NCc1nc2ccccc2n1C)NCC(C)Oc1cccc(C)c1. The van der Waals surface area contributed by atoms with Crippen LogP contribution in [0.25, 0.3) is 11.0 Å². The van der Waals surface area contributed by atoms with Gasteiger partial charge >= 0.3 is 0 Å². The van der Waals surface area contributed by atoms with E-state index in [9.17, 15) is 0 Å². The lowest BCUT2D eigenvalue weighted by Gasteiger charge is -2.18. The van der Waals surface area contributed by atoms with Crippen LogP contribution in [0.4, 0.5) is 0 Å². The third kappa shape index (κ3) is 5.03. The molecule has 1 atom stereocenters. The van der Waals surface area contributed by atoms with Crippen molar-refractivity contribution in [1.29, 1.82) is 0 Å². The summed E-state index contributed by atoms with van der Waals surface area (Å²) in [6.07, 6.45) is 0.0152. The maximum atomic E-state index is 5.98. The van der Waals surface area contributed by atoms with Gasteiger partial charge in [-0.3, -0.25) is 0 Å². The van der Waals surface area contributed by atoms with Crippen molar-refractivity contribution in [2.45, 2.75) is 33.4 Å². The Balaban J connectivity index is 1.61. The second-order valence-corrected chi connectivity index (χ2v) is 6.90. The number of aryl methyl sites for hydroxylation is 2. The standard InChI is InChI=1S/C22H29N5O/c1-5-23-22(24-14-17(3)28-18-10-8-9-16(2)13-18)25-15-21-26-19-11-6-7-12-20(19)27(21)4/h6-13,17H,5,14-15H2,1-4H3,(H2,23,24,25). The maximum absolute atomic E-state index is 5.98. The Morgan fingerprint density at radius 1 is 1.18 bits per heavy atom. The van der Waals surface area contributed by atoms with Crippen molar-refractivity contribution in [3.05, 3.63) is 59.9 Å². The summed E-state index contributed by atoms with van der Waals surface area (Å²) in [5.74, 6) is 2.58. The van der Waals surface area contributed by atoms with E-state index in [1.807, 2.05) is 50.4 Å². The van der Waals surface area contributed by atoms with Crippen molar-refractivity contribution in [1.82, 2.24) is 20.2 Å². The lowest BCUT2D eigenvalue weighted by Crippen LogP contribution is -2.41. The van der Waals surface area contributed by atoms with E-state index in [1.54, 1.807) is 0 Å². The van der Waals surface area contributed by atoms with Crippen LogP contribution in [0.5, 0.6) is 5.75 Å². The molecule has 0 aliphatic heterocycles. The van der Waals surface area contributed by atoms with Gasteiger partial charge in [0.05, 0.1) is 17.6 Å². The summed E-state index contributed by atoms with van der Waals surface area (Å²) in [4.78, 5) is 9.37. The number of hydrogen-bond donors (Lipinski definition) is 2. The van der Waals surface area contributed by atoms with Crippen molar-refractivity contribution in [3.63, 3.8) is 0 Å². The molecule has 0 amide bonds. The quantitative estimate of drug-likeness (QED) is 0.488. The first-order chi connectivity index (χ1) is 13.6. The van der Waals surface area contributed by atoms with Crippen molar-refractivity contribution in [2.75, 3.05) is 13.1 Å². The van der Waals surface area contributed by atoms with Gasteiger partial charge in [-0.15, -0.1) is 0 Å². The zero-order chi connectivity index (χ0) is 19.9. The minimum absolute atomic E-state index is 0.0152. The van der Waals surface area contributed by atoms with Gasteiger partial charge in [0.2, 0.25) is 0 Å². The lowest BCUT2D eigenvalue weighted by molar-refractivity contribution is 0.223. The van der Waals surface area contributed by atoms with Gasteiger partial charge < -0.3 is 19.9 Å². The molecule has 2 N–H and O–H groups in total. The first kappa shape index (κ1) is 19.7. The van der Waals surface area contributed by atoms with Gasteiger partial charge in [-0.2, -0.15) is 0 Å². The summed E-state index contributed by atoms with van der Waals surface area (Å²) in [5.41, 5.74) is 3.30. The predicted molar refractivity (Wildman–Crippen MR) is 115 cm³/mol. The molecular formula is C22H29N5O. The molecule has 3 rings (SSSR count). The highest BCUT2D eigenvalue weighted by atomic mass is 16.5. The highest BCUT2D eigenvalue weighted by molar-refractivity contribution is 5.80. The number of nitrogens with one attached hydrogen (secondary N) is 2. The summed E-state index contributed by atoms with van der Waals surface area (Å²) in [7, 11) is 2.03. The summed E-state index contributed by atoms with van der Waals surface area (Å²) < 4.78 is 8.07. The number of para-hydroxylation sites is 2. The number of aliphatic imine (C=N–C) groups is 1. The van der Waals surface area contributed by atoms with Crippen LogP contribution in [0, 0.1) is 6.92 Å². The van der Waals surface area contributed by atoms with E-state index < -0.39 is 0 Å². The number of fused-ring (bicyclic) bond motifs is 1. The number of rotatable bonds is 7. The summed E-state index contributed by atoms with van der Waals surface area (Å²) in [6.45, 7) is 8.12. The summed E-state index contributed by atoms with van der Waals surface area (Å²) in [6, 6.07) is 16.2. The molecular weight excluding hydrogens is 350 g/mol. The Morgan fingerprint density at radius 2 is 2.00 bits per heavy atom. The van der Waals surface area contributed by atoms with Crippen LogP contribution in [-0.4, -0.2) is 34.7 Å². The summed E-state index contributed by atoms with van der Waals surface area (Å²) >= 11 is 0. The van der Waals surface area contributed by atoms with Crippen molar-refractivity contribution in [2.24, 2.45) is 12.0 Å². The Hall–Kier alpha value is -3.02. The number of benzene rings is 2. The van der Waals surface area contributed by atoms with Crippen molar-refractivity contribution < 1.29 is 4.74 Å². The maximum Gasteiger partial charge on any atom is 0.191 e. The van der Waals surface area contributed by atoms with Gasteiger partial charge in [0, 0.05) is 13.6 Å². The van der Waals surface area contributed by atoms with Crippen LogP contribution in [-0.2, 0) is 13.6 Å². The number of hydrogen-bond acceptors (Lipinski definition) is 3. The molecule has 0 spiro atoms. The van der Waals surface area contributed by atoms with Crippen molar-refractivity contribution in [3.8, 4) is 5.75 Å². The Labute approximate surface area is 166 Å². The van der Waals surface area contributed by atoms with E-state index in [0.29, 0.717) is 13.1 Å². The molecule has 3 aromatic rings. The largest absolute Gasteiger partial charge is 0.489 e. The van der Waals surface area contributed by atoms with Crippen molar-refractivity contribution >= 4 is 17.0 Å². The molecule has 2 aromatic carbocycles. The topological polar surface area (TPSA) is 63.5 Å². The second-order valence-electron chi connectivity index (χ2n) is 6.90. The van der Waals surface area contributed by atoms with E-state index in [-0.39, 0.29) is 6.10 Å². The fraction of sp³-hybridized carbons (Fsp3) is 0.364. The highest BCUT2D eigenvalue weighted by Gasteiger charge is 2.09. The normalized spacial score (nSPS) is 12.8. The Kier molecular flexibility index (Phi) is 6.53. The molecule has 1 aromatic heterocycles. The summed E-state index contributed by atoms with van der Waals surface area (Å²) in [5, 5.41) is 6.64. The molecule has 148 valence electrons. The average molecular weight is 380 g/mol. The first-order valence-electron chi connectivity index (χ1n) is 9.72. The number of ether oxygens (including phenoxy) is 1. The number of nitrogens with zero attached hydrogens (tertiary/aromatic N) is 3. The monoisotopic (exact) mass is 379 g/mol. The van der Waals surface area contributed by atoms with Crippen LogP contribution < -0.4 is 15.4 Å². The fourth-order valence-electron chi connectivity index (χ4n) is 3.03. The van der Waals surface area contributed by atoms with Crippen LogP contribution in [0.2, 0.25) is 0 Å². The Morgan fingerprint density at radius 3 is 2.75 bits per heavy atom. The third-order valence-electron chi connectivity index (χ3n) is 4.49. The molecule has 0 aliphatic carbocycles. The zero-order valence-electron chi connectivity index (χ0n) is 17.1. The van der Waals surface area contributed by atoms with Crippen LogP contribution in [0.1, 0.15) is 25.2 Å². The molecule has 6 heteroatoms. The lowest BCUT2D eigenvalue weighted by atomic mass is 10.2. The van der Waals surface area contributed by atoms with Gasteiger partial charge in [-0.05, 0) is 50.6 Å². The molecule has 0 aliphatic rings. The van der Waals surface area contributed by atoms with Gasteiger partial charge in [-0.1, -0.05) is 24.3 Å². The molecule has 28 heavy (non-hydrogen) atoms. The number of imidazole rings is 1. The van der Waals surface area contributed by atoms with Gasteiger partial charge in [0.15, 0.2) is 5.96 Å². The van der Waals surface area contributed by atoms with E-state index in [0.717, 1.165) is 35.1 Å².